The molecule has 2 rings (SSSR count). The molecule has 5 nitrogen and oxygen atoms in total. The highest BCUT2D eigenvalue weighted by molar-refractivity contribution is 7.98. The van der Waals surface area contributed by atoms with Gasteiger partial charge < -0.3 is 14.7 Å². The van der Waals surface area contributed by atoms with Crippen LogP contribution in [-0.4, -0.2) is 46.0 Å². The molecule has 0 spiro atoms. The van der Waals surface area contributed by atoms with Crippen molar-refractivity contribution < 1.29 is 14.6 Å². The van der Waals surface area contributed by atoms with Crippen LogP contribution in [0, 0.1) is 5.92 Å². The summed E-state index contributed by atoms with van der Waals surface area (Å²) in [6, 6.07) is 3.62. The molecule has 1 fully saturated rings. The molecule has 2 N–H and O–H groups in total. The van der Waals surface area contributed by atoms with Crippen LogP contribution in [0.4, 0.5) is 0 Å². The molecule has 1 unspecified atom stereocenters. The van der Waals surface area contributed by atoms with Gasteiger partial charge in [-0.05, 0) is 59.4 Å². The third kappa shape index (κ3) is 8.45. The van der Waals surface area contributed by atoms with E-state index in [9.17, 15) is 9.90 Å². The summed E-state index contributed by atoms with van der Waals surface area (Å²) >= 11 is 14.4. The number of benzene rings is 1. The molecule has 1 aromatic carbocycles. The summed E-state index contributed by atoms with van der Waals surface area (Å²) in [5.41, 5.74) is -0.0435. The molecule has 0 aromatic heterocycles. The highest BCUT2D eigenvalue weighted by Crippen LogP contribution is 2.41. The fraction of sp³-hybridized carbons (Fsp3) is 0.625. The van der Waals surface area contributed by atoms with Crippen molar-refractivity contribution in [2.24, 2.45) is 5.92 Å². The zero-order chi connectivity index (χ0) is 24.1. The normalized spacial score (nSPS) is 16.7. The third-order valence-electron chi connectivity index (χ3n) is 5.18. The standard InChI is InChI=1S/C24H36Cl2N2O3S/c1-7-12-31-20-14-19(26)18(25)13-17(20)22(27-32-23(2,3)4)16-8-10-28(11-9-16)21(29)15-24(5,6)30/h7,13-14,16,22,27,30H,1,8-12,15H2,2-6H3. The predicted octanol–water partition coefficient (Wildman–Crippen LogP) is 6.04. The summed E-state index contributed by atoms with van der Waals surface area (Å²) in [6.07, 6.45) is 3.50. The number of nitrogens with one attached hydrogen (secondary N) is 1. The van der Waals surface area contributed by atoms with Crippen LogP contribution in [0.1, 0.15) is 65.5 Å². The summed E-state index contributed by atoms with van der Waals surface area (Å²) in [7, 11) is 0. The zero-order valence-corrected chi connectivity index (χ0v) is 22.0. The van der Waals surface area contributed by atoms with Crippen molar-refractivity contribution in [3.63, 3.8) is 0 Å². The number of likely N-dealkylation sites (tertiary alicyclic amines) is 1. The lowest BCUT2D eigenvalue weighted by Gasteiger charge is -2.38. The highest BCUT2D eigenvalue weighted by Gasteiger charge is 2.33. The molecule has 1 atom stereocenters. The van der Waals surface area contributed by atoms with Gasteiger partial charge in [0, 0.05) is 35.5 Å². The fourth-order valence-electron chi connectivity index (χ4n) is 3.68. The van der Waals surface area contributed by atoms with Crippen LogP contribution in [0.25, 0.3) is 0 Å². The summed E-state index contributed by atoms with van der Waals surface area (Å²) in [6.45, 7) is 15.2. The van der Waals surface area contributed by atoms with Crippen LogP contribution in [0.5, 0.6) is 5.75 Å². The van der Waals surface area contributed by atoms with E-state index < -0.39 is 5.60 Å². The molecule has 1 saturated heterocycles. The average Bonchev–Trinajstić information content (AvgIpc) is 2.67. The molecule has 180 valence electrons. The van der Waals surface area contributed by atoms with E-state index in [1.165, 1.54) is 0 Å². The number of rotatable bonds is 9. The van der Waals surface area contributed by atoms with Gasteiger partial charge in [-0.15, -0.1) is 0 Å². The highest BCUT2D eigenvalue weighted by atomic mass is 35.5. The number of hydrogen-bond acceptors (Lipinski definition) is 5. The van der Waals surface area contributed by atoms with Crippen molar-refractivity contribution in [2.45, 2.75) is 70.3 Å². The zero-order valence-electron chi connectivity index (χ0n) is 19.7. The molecular weight excluding hydrogens is 467 g/mol. The maximum absolute atomic E-state index is 12.6. The minimum atomic E-state index is -1.00. The van der Waals surface area contributed by atoms with E-state index in [4.69, 9.17) is 27.9 Å². The van der Waals surface area contributed by atoms with E-state index in [1.54, 1.807) is 37.9 Å². The molecule has 0 radical (unpaired) electrons. The van der Waals surface area contributed by atoms with Gasteiger partial charge in [-0.1, -0.05) is 47.8 Å². The number of hydrogen-bond donors (Lipinski definition) is 2. The molecule has 1 aliphatic heterocycles. The van der Waals surface area contributed by atoms with Crippen LogP contribution < -0.4 is 9.46 Å². The Bertz CT molecular complexity index is 798. The summed E-state index contributed by atoms with van der Waals surface area (Å²) in [4.78, 5) is 14.4. The first-order valence-electron chi connectivity index (χ1n) is 11.0. The van der Waals surface area contributed by atoms with Crippen molar-refractivity contribution in [3.05, 3.63) is 40.4 Å². The van der Waals surface area contributed by atoms with Crippen LogP contribution in [0.15, 0.2) is 24.8 Å². The molecule has 1 amide bonds. The van der Waals surface area contributed by atoms with Crippen molar-refractivity contribution in [1.82, 2.24) is 9.62 Å². The van der Waals surface area contributed by atoms with Crippen LogP contribution in [0.3, 0.4) is 0 Å². The number of amides is 1. The van der Waals surface area contributed by atoms with Crippen molar-refractivity contribution >= 4 is 41.1 Å². The van der Waals surface area contributed by atoms with Crippen molar-refractivity contribution in [2.75, 3.05) is 19.7 Å². The maximum Gasteiger partial charge on any atom is 0.225 e. The SMILES string of the molecule is C=CCOc1cc(Cl)c(Cl)cc1C(NSC(C)(C)C)C1CCN(C(=O)CC(C)(C)O)CC1. The average molecular weight is 504 g/mol. The first-order chi connectivity index (χ1) is 14.8. The Labute approximate surface area is 207 Å². The van der Waals surface area contributed by atoms with Gasteiger partial charge in [0.25, 0.3) is 0 Å². The lowest BCUT2D eigenvalue weighted by Crippen LogP contribution is -2.43. The van der Waals surface area contributed by atoms with Gasteiger partial charge in [-0.25, -0.2) is 0 Å². The second kappa shape index (κ2) is 11.5. The number of ether oxygens (including phenoxy) is 1. The van der Waals surface area contributed by atoms with Gasteiger partial charge in [0.1, 0.15) is 12.4 Å². The Hall–Kier alpha value is -0.920. The molecule has 1 aliphatic rings. The van der Waals surface area contributed by atoms with Gasteiger partial charge in [0.05, 0.1) is 22.1 Å². The monoisotopic (exact) mass is 502 g/mol. The largest absolute Gasteiger partial charge is 0.489 e. The Balaban J connectivity index is 2.26. The van der Waals surface area contributed by atoms with E-state index >= 15 is 0 Å². The minimum Gasteiger partial charge on any atom is -0.489 e. The number of halogens is 2. The molecule has 8 heteroatoms. The molecule has 0 saturated carbocycles. The predicted molar refractivity (Wildman–Crippen MR) is 136 cm³/mol. The molecule has 0 aliphatic carbocycles. The summed E-state index contributed by atoms with van der Waals surface area (Å²) in [5, 5.41) is 10.9. The topological polar surface area (TPSA) is 61.8 Å². The van der Waals surface area contributed by atoms with E-state index in [1.807, 2.05) is 11.0 Å². The quantitative estimate of drug-likeness (QED) is 0.318. The minimum absolute atomic E-state index is 0.00549. The number of carbonyl (C=O) groups is 1. The van der Waals surface area contributed by atoms with Crippen molar-refractivity contribution in [3.8, 4) is 5.75 Å². The number of aliphatic hydroxyl groups is 1. The Morgan fingerprint density at radius 2 is 1.88 bits per heavy atom. The van der Waals surface area contributed by atoms with E-state index in [2.05, 4.69) is 32.1 Å². The molecule has 1 heterocycles. The summed E-state index contributed by atoms with van der Waals surface area (Å²) < 4.78 is 9.61. The second-order valence-corrected chi connectivity index (χ2v) is 12.4. The van der Waals surface area contributed by atoms with Gasteiger partial charge in [-0.3, -0.25) is 9.52 Å². The van der Waals surface area contributed by atoms with Crippen LogP contribution in [-0.2, 0) is 4.79 Å². The smallest absolute Gasteiger partial charge is 0.225 e. The van der Waals surface area contributed by atoms with Crippen molar-refractivity contribution in [1.29, 1.82) is 0 Å². The molecule has 0 bridgehead atoms. The Morgan fingerprint density at radius 3 is 2.41 bits per heavy atom. The Morgan fingerprint density at radius 1 is 1.28 bits per heavy atom. The van der Waals surface area contributed by atoms with E-state index in [0.717, 1.165) is 18.4 Å². The van der Waals surface area contributed by atoms with E-state index in [0.29, 0.717) is 35.5 Å². The van der Waals surface area contributed by atoms with Gasteiger partial charge in [0.15, 0.2) is 0 Å². The molecule has 1 aromatic rings. The van der Waals surface area contributed by atoms with Gasteiger partial charge >= 0.3 is 0 Å². The molecular formula is C24H36Cl2N2O3S. The lowest BCUT2D eigenvalue weighted by atomic mass is 9.85. The van der Waals surface area contributed by atoms with Crippen LogP contribution in [0.2, 0.25) is 10.0 Å². The fourth-order valence-corrected chi connectivity index (χ4v) is 4.80. The first kappa shape index (κ1) is 27.3. The Kier molecular flexibility index (Phi) is 9.80. The van der Waals surface area contributed by atoms with Crippen LogP contribution >= 0.6 is 35.1 Å². The number of carbonyl (C=O) groups excluding carboxylic acids is 1. The lowest BCUT2D eigenvalue weighted by molar-refractivity contribution is -0.136. The number of piperidine rings is 1. The second-order valence-electron chi connectivity index (χ2n) is 9.92. The van der Waals surface area contributed by atoms with E-state index in [-0.39, 0.29) is 29.0 Å². The molecule has 32 heavy (non-hydrogen) atoms. The first-order valence-corrected chi connectivity index (χ1v) is 12.5. The number of nitrogens with zero attached hydrogens (tertiary/aromatic N) is 1. The van der Waals surface area contributed by atoms with Gasteiger partial charge in [0.2, 0.25) is 5.91 Å². The van der Waals surface area contributed by atoms with Gasteiger partial charge in [-0.2, -0.15) is 0 Å². The summed E-state index contributed by atoms with van der Waals surface area (Å²) in [5.74, 6) is 0.959. The third-order valence-corrected chi connectivity index (χ3v) is 6.89. The maximum atomic E-state index is 12.6.